The molecule has 0 aliphatic heterocycles. The van der Waals surface area contributed by atoms with Crippen molar-refractivity contribution >= 4 is 29.2 Å². The van der Waals surface area contributed by atoms with Crippen LogP contribution in [0.1, 0.15) is 85.3 Å². The van der Waals surface area contributed by atoms with Gasteiger partial charge in [-0.1, -0.05) is 71.9 Å². The molecule has 0 bridgehead atoms. The molecular weight excluding hydrogens is 436 g/mol. The van der Waals surface area contributed by atoms with Gasteiger partial charge in [-0.3, -0.25) is 9.59 Å². The van der Waals surface area contributed by atoms with Gasteiger partial charge in [-0.2, -0.15) is 5.10 Å². The van der Waals surface area contributed by atoms with E-state index in [-0.39, 0.29) is 23.8 Å². The number of nitrogens with one attached hydrogen (secondary N) is 1. The monoisotopic (exact) mass is 474 g/mol. The highest BCUT2D eigenvalue weighted by Gasteiger charge is 2.23. The molecule has 6 nitrogen and oxygen atoms in total. The predicted octanol–water partition coefficient (Wildman–Crippen LogP) is 6.36. The fourth-order valence-electron chi connectivity index (χ4n) is 3.47. The number of aromatic nitrogens is 2. The van der Waals surface area contributed by atoms with Crippen LogP contribution < -0.4 is 5.32 Å². The van der Waals surface area contributed by atoms with Crippen LogP contribution in [0.25, 0.3) is 5.69 Å². The highest BCUT2D eigenvalue weighted by atomic mass is 35.5. The van der Waals surface area contributed by atoms with E-state index in [1.165, 1.54) is 0 Å². The normalized spacial score (nSPS) is 11.5. The molecule has 2 amide bonds. The summed E-state index contributed by atoms with van der Waals surface area (Å²) < 4.78 is 1.72. The van der Waals surface area contributed by atoms with Crippen molar-refractivity contribution in [2.75, 3.05) is 18.4 Å². The van der Waals surface area contributed by atoms with Gasteiger partial charge in [0.2, 0.25) is 11.8 Å². The molecule has 1 aromatic carbocycles. The zero-order valence-electron chi connectivity index (χ0n) is 20.8. The number of carbonyl (C=O) groups is 2. The van der Waals surface area contributed by atoms with Gasteiger partial charge in [0, 0.05) is 29.5 Å². The molecule has 1 N–H and O–H groups in total. The molecule has 2 rings (SSSR count). The van der Waals surface area contributed by atoms with Crippen LogP contribution >= 0.6 is 11.6 Å². The Labute approximate surface area is 203 Å². The molecule has 7 heteroatoms. The van der Waals surface area contributed by atoms with Crippen molar-refractivity contribution in [3.05, 3.63) is 41.0 Å². The van der Waals surface area contributed by atoms with Crippen LogP contribution in [0.5, 0.6) is 0 Å². The zero-order chi connectivity index (χ0) is 24.4. The summed E-state index contributed by atoms with van der Waals surface area (Å²) in [5.41, 5.74) is 1.49. The third kappa shape index (κ3) is 8.50. The molecule has 0 aliphatic carbocycles. The van der Waals surface area contributed by atoms with Crippen LogP contribution in [0.4, 0.5) is 5.82 Å². The first kappa shape index (κ1) is 26.9. The van der Waals surface area contributed by atoms with Gasteiger partial charge in [0.15, 0.2) is 0 Å². The third-order valence-corrected chi connectivity index (χ3v) is 5.78. The van der Waals surface area contributed by atoms with Gasteiger partial charge >= 0.3 is 0 Å². The topological polar surface area (TPSA) is 67.2 Å². The maximum atomic E-state index is 13.0. The highest BCUT2D eigenvalue weighted by molar-refractivity contribution is 6.30. The largest absolute Gasteiger partial charge is 0.333 e. The predicted molar refractivity (Wildman–Crippen MR) is 136 cm³/mol. The molecule has 1 aromatic heterocycles. The van der Waals surface area contributed by atoms with Crippen LogP contribution in [0, 0.1) is 0 Å². The Kier molecular flexibility index (Phi) is 10.4. The molecule has 2 aromatic rings. The summed E-state index contributed by atoms with van der Waals surface area (Å²) in [4.78, 5) is 27.5. The molecule has 0 aliphatic rings. The first-order valence-corrected chi connectivity index (χ1v) is 12.5. The van der Waals surface area contributed by atoms with Crippen molar-refractivity contribution in [2.45, 2.75) is 85.0 Å². The molecule has 0 spiro atoms. The van der Waals surface area contributed by atoms with Crippen LogP contribution in [0.3, 0.4) is 0 Å². The standard InChI is InChI=1S/C26H39ClN4O2/c1-6-8-10-11-12-25(33)30(17-9-7-2)19-24(32)28-23-18-22(26(3,4)5)29-31(23)21-15-13-20(27)14-16-21/h13-16,18H,6-12,17,19H2,1-5H3,(H,28,32). The molecule has 182 valence electrons. The fourth-order valence-corrected chi connectivity index (χ4v) is 3.60. The summed E-state index contributed by atoms with van der Waals surface area (Å²) >= 11 is 6.05. The van der Waals surface area contributed by atoms with E-state index in [9.17, 15) is 9.59 Å². The number of carbonyl (C=O) groups excluding carboxylic acids is 2. The Hall–Kier alpha value is -2.34. The minimum Gasteiger partial charge on any atom is -0.333 e. The first-order chi connectivity index (χ1) is 15.7. The summed E-state index contributed by atoms with van der Waals surface area (Å²) in [6.07, 6.45) is 6.53. The van der Waals surface area contributed by atoms with E-state index in [4.69, 9.17) is 16.7 Å². The zero-order valence-corrected chi connectivity index (χ0v) is 21.5. The molecule has 0 saturated heterocycles. The number of amides is 2. The molecular formula is C26H39ClN4O2. The van der Waals surface area contributed by atoms with E-state index >= 15 is 0 Å². The fraction of sp³-hybridized carbons (Fsp3) is 0.577. The van der Waals surface area contributed by atoms with Crippen LogP contribution in [-0.2, 0) is 15.0 Å². The van der Waals surface area contributed by atoms with Gasteiger partial charge in [0.1, 0.15) is 5.82 Å². The second-order valence-electron chi connectivity index (χ2n) is 9.58. The maximum Gasteiger partial charge on any atom is 0.245 e. The van der Waals surface area contributed by atoms with Crippen LogP contribution in [-0.4, -0.2) is 39.6 Å². The van der Waals surface area contributed by atoms with Crippen molar-refractivity contribution in [3.63, 3.8) is 0 Å². The Morgan fingerprint density at radius 2 is 1.70 bits per heavy atom. The molecule has 0 radical (unpaired) electrons. The van der Waals surface area contributed by atoms with E-state index in [0.717, 1.165) is 49.9 Å². The highest BCUT2D eigenvalue weighted by Crippen LogP contribution is 2.27. The summed E-state index contributed by atoms with van der Waals surface area (Å²) in [5.74, 6) is 0.415. The third-order valence-electron chi connectivity index (χ3n) is 5.53. The number of anilines is 1. The van der Waals surface area contributed by atoms with E-state index in [0.29, 0.717) is 23.8 Å². The minimum atomic E-state index is -0.219. The molecule has 0 fully saturated rings. The lowest BCUT2D eigenvalue weighted by Gasteiger charge is -2.22. The lowest BCUT2D eigenvalue weighted by Crippen LogP contribution is -2.38. The van der Waals surface area contributed by atoms with Crippen molar-refractivity contribution in [2.24, 2.45) is 0 Å². The summed E-state index contributed by atoms with van der Waals surface area (Å²) in [5, 5.41) is 8.36. The minimum absolute atomic E-state index is 0.0449. The number of nitrogens with zero attached hydrogens (tertiary/aromatic N) is 3. The van der Waals surface area contributed by atoms with Gasteiger partial charge in [-0.25, -0.2) is 4.68 Å². The maximum absolute atomic E-state index is 13.0. The lowest BCUT2D eigenvalue weighted by molar-refractivity contribution is -0.134. The Morgan fingerprint density at radius 1 is 1.03 bits per heavy atom. The van der Waals surface area contributed by atoms with Gasteiger partial charge < -0.3 is 10.2 Å². The van der Waals surface area contributed by atoms with Gasteiger partial charge in [0.05, 0.1) is 17.9 Å². The number of halogens is 1. The first-order valence-electron chi connectivity index (χ1n) is 12.1. The average molecular weight is 475 g/mol. The Morgan fingerprint density at radius 3 is 2.30 bits per heavy atom. The van der Waals surface area contributed by atoms with E-state index in [2.05, 4.69) is 39.9 Å². The van der Waals surface area contributed by atoms with E-state index in [1.54, 1.807) is 21.7 Å². The van der Waals surface area contributed by atoms with E-state index < -0.39 is 0 Å². The SMILES string of the molecule is CCCCCCC(=O)N(CCCC)CC(=O)Nc1cc(C(C)(C)C)nn1-c1ccc(Cl)cc1. The molecule has 1 heterocycles. The van der Waals surface area contributed by atoms with E-state index in [1.807, 2.05) is 18.2 Å². The summed E-state index contributed by atoms with van der Waals surface area (Å²) in [7, 11) is 0. The average Bonchev–Trinajstić information content (AvgIpc) is 3.18. The Balaban J connectivity index is 2.17. The van der Waals surface area contributed by atoms with Gasteiger partial charge in [0.25, 0.3) is 0 Å². The van der Waals surface area contributed by atoms with Gasteiger partial charge in [-0.05, 0) is 37.1 Å². The van der Waals surface area contributed by atoms with Crippen molar-refractivity contribution in [3.8, 4) is 5.69 Å². The summed E-state index contributed by atoms with van der Waals surface area (Å²) in [6.45, 7) is 11.1. The van der Waals surface area contributed by atoms with Crippen molar-refractivity contribution in [1.82, 2.24) is 14.7 Å². The van der Waals surface area contributed by atoms with Crippen LogP contribution in [0.2, 0.25) is 5.02 Å². The number of hydrogen-bond acceptors (Lipinski definition) is 3. The number of rotatable bonds is 12. The second kappa shape index (κ2) is 12.8. The number of hydrogen-bond donors (Lipinski definition) is 1. The lowest BCUT2D eigenvalue weighted by atomic mass is 9.92. The van der Waals surface area contributed by atoms with Crippen molar-refractivity contribution in [1.29, 1.82) is 0 Å². The van der Waals surface area contributed by atoms with Crippen LogP contribution in [0.15, 0.2) is 30.3 Å². The summed E-state index contributed by atoms with van der Waals surface area (Å²) in [6, 6.07) is 9.22. The number of unbranched alkanes of at least 4 members (excludes halogenated alkanes) is 4. The van der Waals surface area contributed by atoms with Crippen molar-refractivity contribution < 1.29 is 9.59 Å². The quantitative estimate of drug-likeness (QED) is 0.364. The Bertz CT molecular complexity index is 900. The smallest absolute Gasteiger partial charge is 0.245 e. The second-order valence-corrected chi connectivity index (χ2v) is 10.0. The number of benzene rings is 1. The molecule has 33 heavy (non-hydrogen) atoms. The molecule has 0 unspecified atom stereocenters. The molecule has 0 saturated carbocycles. The molecule has 0 atom stereocenters. The van der Waals surface area contributed by atoms with Gasteiger partial charge in [-0.15, -0.1) is 0 Å².